The zero-order valence-electron chi connectivity index (χ0n) is 16.5. The molecule has 0 radical (unpaired) electrons. The first kappa shape index (κ1) is 24.0. The Labute approximate surface area is 170 Å². The fraction of sp³-hybridized carbons (Fsp3) is 1.00. The molecule has 5 unspecified atom stereocenters. The van der Waals surface area contributed by atoms with Gasteiger partial charge in [0.2, 0.25) is 0 Å². The van der Waals surface area contributed by atoms with Gasteiger partial charge in [-0.2, -0.15) is 8.78 Å². The number of halogens is 8. The van der Waals surface area contributed by atoms with Crippen LogP contribution in [0.4, 0.5) is 35.1 Å². The molecule has 0 aromatic carbocycles. The van der Waals surface area contributed by atoms with Crippen LogP contribution >= 0.6 is 0 Å². The Kier molecular flexibility index (Phi) is 7.58. The highest BCUT2D eigenvalue weighted by Gasteiger charge is 2.56. The largest absolute Gasteiger partial charge is 0.522 e. The number of hydrogen-bond acceptors (Lipinski definition) is 2. The van der Waals surface area contributed by atoms with Crippen molar-refractivity contribution in [3.05, 3.63) is 0 Å². The Morgan fingerprint density at radius 1 is 0.600 bits per heavy atom. The highest BCUT2D eigenvalue weighted by molar-refractivity contribution is 4.94. The monoisotopic (exact) mass is 452 g/mol. The van der Waals surface area contributed by atoms with Crippen LogP contribution in [0.3, 0.4) is 0 Å². The van der Waals surface area contributed by atoms with E-state index in [2.05, 4.69) is 9.47 Å². The van der Waals surface area contributed by atoms with Gasteiger partial charge in [0.15, 0.2) is 0 Å². The first-order valence-electron chi connectivity index (χ1n) is 10.7. The van der Waals surface area contributed by atoms with Crippen molar-refractivity contribution < 1.29 is 44.6 Å². The lowest BCUT2D eigenvalue weighted by molar-refractivity contribution is -0.359. The maximum atomic E-state index is 14.7. The van der Waals surface area contributed by atoms with Crippen LogP contribution in [0.1, 0.15) is 64.2 Å². The SMILES string of the molecule is FC1CC(OC(F)(F)C2C(F)CC(C3CCCCC3)CC2F)CCC1OC(F)(F)F. The van der Waals surface area contributed by atoms with Gasteiger partial charge in [-0.1, -0.05) is 32.1 Å². The summed E-state index contributed by atoms with van der Waals surface area (Å²) in [4.78, 5) is 0. The smallest absolute Gasteiger partial charge is 0.317 e. The topological polar surface area (TPSA) is 18.5 Å². The van der Waals surface area contributed by atoms with Crippen molar-refractivity contribution in [2.24, 2.45) is 17.8 Å². The van der Waals surface area contributed by atoms with Crippen molar-refractivity contribution in [1.82, 2.24) is 0 Å². The minimum atomic E-state index is -5.04. The van der Waals surface area contributed by atoms with Crippen LogP contribution in [0.5, 0.6) is 0 Å². The lowest BCUT2D eigenvalue weighted by Crippen LogP contribution is -2.51. The van der Waals surface area contributed by atoms with Crippen LogP contribution in [0.2, 0.25) is 0 Å². The highest BCUT2D eigenvalue weighted by Crippen LogP contribution is 2.48. The van der Waals surface area contributed by atoms with Gasteiger partial charge in [-0.3, -0.25) is 4.74 Å². The molecule has 0 amide bonds. The summed E-state index contributed by atoms with van der Waals surface area (Å²) in [5.41, 5.74) is 0. The molecular formula is C20H28F8O2. The van der Waals surface area contributed by atoms with E-state index >= 15 is 0 Å². The maximum Gasteiger partial charge on any atom is 0.522 e. The van der Waals surface area contributed by atoms with Crippen molar-refractivity contribution in [2.45, 2.75) is 107 Å². The van der Waals surface area contributed by atoms with Gasteiger partial charge >= 0.3 is 12.5 Å². The van der Waals surface area contributed by atoms with Crippen LogP contribution in [0, 0.1) is 17.8 Å². The Morgan fingerprint density at radius 2 is 1.20 bits per heavy atom. The normalized spacial score (nSPS) is 39.8. The van der Waals surface area contributed by atoms with Gasteiger partial charge in [0.25, 0.3) is 0 Å². The molecule has 0 saturated heterocycles. The summed E-state index contributed by atoms with van der Waals surface area (Å²) in [6.07, 6.45) is -15.9. The third-order valence-electron chi connectivity index (χ3n) is 6.81. The first-order chi connectivity index (χ1) is 14.0. The van der Waals surface area contributed by atoms with Crippen molar-refractivity contribution in [2.75, 3.05) is 0 Å². The average Bonchev–Trinajstić information content (AvgIpc) is 2.62. The predicted molar refractivity (Wildman–Crippen MR) is 92.1 cm³/mol. The molecule has 0 aromatic heterocycles. The van der Waals surface area contributed by atoms with Gasteiger partial charge in [-0.15, -0.1) is 13.2 Å². The molecule has 30 heavy (non-hydrogen) atoms. The van der Waals surface area contributed by atoms with Crippen LogP contribution < -0.4 is 0 Å². The molecule has 0 aromatic rings. The second kappa shape index (κ2) is 9.46. The molecule has 5 atom stereocenters. The molecule has 3 rings (SSSR count). The van der Waals surface area contributed by atoms with Crippen LogP contribution in [-0.2, 0) is 9.47 Å². The summed E-state index contributed by atoms with van der Waals surface area (Å²) in [7, 11) is 0. The summed E-state index contributed by atoms with van der Waals surface area (Å²) < 4.78 is 118. The van der Waals surface area contributed by atoms with Crippen LogP contribution in [0.25, 0.3) is 0 Å². The van der Waals surface area contributed by atoms with Crippen molar-refractivity contribution >= 4 is 0 Å². The summed E-state index contributed by atoms with van der Waals surface area (Å²) in [6, 6.07) is 0. The number of rotatable bonds is 5. The minimum absolute atomic E-state index is 0.141. The Balaban J connectivity index is 1.56. The molecule has 0 bridgehead atoms. The van der Waals surface area contributed by atoms with E-state index in [0.29, 0.717) is 0 Å². The zero-order valence-corrected chi connectivity index (χ0v) is 16.5. The fourth-order valence-corrected chi connectivity index (χ4v) is 5.37. The van der Waals surface area contributed by atoms with E-state index in [-0.39, 0.29) is 31.1 Å². The number of alkyl halides is 8. The average molecular weight is 452 g/mol. The van der Waals surface area contributed by atoms with Crippen molar-refractivity contribution in [1.29, 1.82) is 0 Å². The van der Waals surface area contributed by atoms with Crippen LogP contribution in [0.15, 0.2) is 0 Å². The Morgan fingerprint density at radius 3 is 1.73 bits per heavy atom. The fourth-order valence-electron chi connectivity index (χ4n) is 5.37. The zero-order chi connectivity index (χ0) is 22.1. The summed E-state index contributed by atoms with van der Waals surface area (Å²) in [6.45, 7) is 0. The Hall–Kier alpha value is -0.640. The lowest BCUT2D eigenvalue weighted by atomic mass is 9.69. The molecule has 0 heterocycles. The molecule has 0 spiro atoms. The molecule has 3 aliphatic carbocycles. The molecule has 176 valence electrons. The molecule has 10 heteroatoms. The van der Waals surface area contributed by atoms with Gasteiger partial charge < -0.3 is 4.74 Å². The number of ether oxygens (including phenoxy) is 2. The molecule has 3 saturated carbocycles. The van der Waals surface area contributed by atoms with E-state index in [1.54, 1.807) is 0 Å². The summed E-state index contributed by atoms with van der Waals surface area (Å²) in [5.74, 6) is -2.44. The summed E-state index contributed by atoms with van der Waals surface area (Å²) >= 11 is 0. The van der Waals surface area contributed by atoms with E-state index in [1.165, 1.54) is 0 Å². The van der Waals surface area contributed by atoms with Gasteiger partial charge in [-0.25, -0.2) is 13.2 Å². The second-order valence-electron chi connectivity index (χ2n) is 8.92. The first-order valence-corrected chi connectivity index (χ1v) is 10.7. The highest BCUT2D eigenvalue weighted by atomic mass is 19.4. The van der Waals surface area contributed by atoms with Crippen molar-refractivity contribution in [3.8, 4) is 0 Å². The molecule has 2 nitrogen and oxygen atoms in total. The molecule has 3 aliphatic rings. The maximum absolute atomic E-state index is 14.7. The Bertz CT molecular complexity index is 539. The van der Waals surface area contributed by atoms with Gasteiger partial charge in [0.1, 0.15) is 24.4 Å². The van der Waals surface area contributed by atoms with Crippen molar-refractivity contribution in [3.63, 3.8) is 0 Å². The minimum Gasteiger partial charge on any atom is -0.317 e. The van der Waals surface area contributed by atoms with E-state index < -0.39 is 62.0 Å². The van der Waals surface area contributed by atoms with E-state index in [9.17, 15) is 35.1 Å². The second-order valence-corrected chi connectivity index (χ2v) is 8.92. The van der Waals surface area contributed by atoms with Crippen LogP contribution in [-0.4, -0.2) is 43.2 Å². The van der Waals surface area contributed by atoms with Gasteiger partial charge in [0, 0.05) is 6.42 Å². The van der Waals surface area contributed by atoms with E-state index in [4.69, 9.17) is 0 Å². The lowest BCUT2D eigenvalue weighted by Gasteiger charge is -2.43. The molecule has 0 N–H and O–H groups in total. The predicted octanol–water partition coefficient (Wildman–Crippen LogP) is 6.67. The van der Waals surface area contributed by atoms with E-state index in [0.717, 1.165) is 32.1 Å². The summed E-state index contributed by atoms with van der Waals surface area (Å²) in [5, 5.41) is 0. The molecule has 0 aliphatic heterocycles. The number of hydrogen-bond donors (Lipinski definition) is 0. The van der Waals surface area contributed by atoms with E-state index in [1.807, 2.05) is 0 Å². The van der Waals surface area contributed by atoms with Gasteiger partial charge in [-0.05, 0) is 37.5 Å². The molecule has 3 fully saturated rings. The standard InChI is InChI=1S/C20H28F8O2/c21-14-10-13(6-7-17(14)30-20(26,27)28)29-19(24,25)18-15(22)8-12(9-16(18)23)11-4-2-1-3-5-11/h11-18H,1-10H2. The quantitative estimate of drug-likeness (QED) is 0.434. The van der Waals surface area contributed by atoms with Gasteiger partial charge in [0.05, 0.1) is 12.2 Å². The third kappa shape index (κ3) is 5.99. The molecular weight excluding hydrogens is 424 g/mol. The third-order valence-corrected chi connectivity index (χ3v) is 6.81.